The highest BCUT2D eigenvalue weighted by Crippen LogP contribution is 2.66. The SMILES string of the molecule is C#Cc1ccc(C#Cc2ccc(C#Cc3ccc4c(c3)C3(C(C(=O)OC)=C3C(=O)OC)c3cc(C#Cc5ccc(C#Cc6ccc(C#C)cc6)cc5)ccc3-4)cc2)cc1. The highest BCUT2D eigenvalue weighted by molar-refractivity contribution is 6.19. The molecule has 59 heavy (non-hydrogen) atoms. The van der Waals surface area contributed by atoms with Gasteiger partial charge in [0, 0.05) is 55.6 Å². The first kappa shape index (κ1) is 37.3. The number of carbonyl (C=O) groups excluding carboxylic acids is 2. The Morgan fingerprint density at radius 3 is 0.881 bits per heavy atom. The van der Waals surface area contributed by atoms with E-state index < -0.39 is 17.4 Å². The van der Waals surface area contributed by atoms with E-state index in [2.05, 4.69) is 59.2 Å². The predicted octanol–water partition coefficient (Wildman–Crippen LogP) is 8.17. The zero-order valence-corrected chi connectivity index (χ0v) is 32.0. The third kappa shape index (κ3) is 7.28. The quantitative estimate of drug-likeness (QED) is 0.132. The summed E-state index contributed by atoms with van der Waals surface area (Å²) in [5, 5.41) is 0. The van der Waals surface area contributed by atoms with Crippen molar-refractivity contribution in [2.75, 3.05) is 14.2 Å². The lowest BCUT2D eigenvalue weighted by molar-refractivity contribution is -0.137. The van der Waals surface area contributed by atoms with Crippen molar-refractivity contribution in [3.05, 3.63) is 211 Å². The molecule has 4 nitrogen and oxygen atoms in total. The van der Waals surface area contributed by atoms with Crippen molar-refractivity contribution < 1.29 is 19.1 Å². The average Bonchev–Trinajstić information content (AvgIpc) is 3.92. The first-order valence-corrected chi connectivity index (χ1v) is 18.5. The first-order valence-electron chi connectivity index (χ1n) is 18.5. The molecule has 0 amide bonds. The molecule has 0 aliphatic heterocycles. The summed E-state index contributed by atoms with van der Waals surface area (Å²) in [6, 6.07) is 42.2. The van der Waals surface area contributed by atoms with Gasteiger partial charge in [-0.2, -0.15) is 0 Å². The van der Waals surface area contributed by atoms with Gasteiger partial charge < -0.3 is 9.47 Å². The molecule has 4 heteroatoms. The van der Waals surface area contributed by atoms with Crippen molar-refractivity contribution in [3.8, 4) is 83.2 Å². The van der Waals surface area contributed by atoms with Crippen molar-refractivity contribution in [1.82, 2.24) is 0 Å². The topological polar surface area (TPSA) is 52.6 Å². The molecular formula is C55H30O4. The van der Waals surface area contributed by atoms with E-state index in [1.165, 1.54) is 14.2 Å². The van der Waals surface area contributed by atoms with Gasteiger partial charge in [-0.25, -0.2) is 9.59 Å². The van der Waals surface area contributed by atoms with Gasteiger partial charge in [0.15, 0.2) is 0 Å². The van der Waals surface area contributed by atoms with E-state index in [1.807, 2.05) is 133 Å². The van der Waals surface area contributed by atoms with Crippen molar-refractivity contribution in [1.29, 1.82) is 0 Å². The Morgan fingerprint density at radius 1 is 0.390 bits per heavy atom. The molecular weight excluding hydrogens is 725 g/mol. The van der Waals surface area contributed by atoms with Gasteiger partial charge in [0.25, 0.3) is 0 Å². The minimum atomic E-state index is -1.16. The number of fused-ring (bicyclic) bond motifs is 5. The molecule has 6 aromatic rings. The number of methoxy groups -OCH3 is 2. The maximum Gasteiger partial charge on any atom is 0.335 e. The van der Waals surface area contributed by atoms with Gasteiger partial charge in [-0.05, 0) is 144 Å². The maximum absolute atomic E-state index is 13.4. The molecule has 0 atom stereocenters. The van der Waals surface area contributed by atoms with Crippen LogP contribution in [0.25, 0.3) is 11.1 Å². The molecule has 274 valence electrons. The summed E-state index contributed by atoms with van der Waals surface area (Å²) in [7, 11) is 2.61. The van der Waals surface area contributed by atoms with Crippen LogP contribution in [-0.2, 0) is 24.5 Å². The van der Waals surface area contributed by atoms with Crippen molar-refractivity contribution in [2.45, 2.75) is 5.41 Å². The summed E-state index contributed by atoms with van der Waals surface area (Å²) < 4.78 is 10.4. The van der Waals surface area contributed by atoms with Crippen LogP contribution < -0.4 is 0 Å². The van der Waals surface area contributed by atoms with Crippen LogP contribution >= 0.6 is 0 Å². The molecule has 6 aromatic carbocycles. The molecule has 0 saturated heterocycles. The average molecular weight is 755 g/mol. The second kappa shape index (κ2) is 15.8. The number of carbonyl (C=O) groups is 2. The van der Waals surface area contributed by atoms with Gasteiger partial charge in [-0.3, -0.25) is 0 Å². The highest BCUT2D eigenvalue weighted by Gasteiger charge is 2.67. The van der Waals surface area contributed by atoms with Gasteiger partial charge >= 0.3 is 11.9 Å². The Hall–Kier alpha value is -8.64. The fraction of sp³-hybridized carbons (Fsp3) is 0.0545. The van der Waals surface area contributed by atoms with Crippen LogP contribution in [0.5, 0.6) is 0 Å². The lowest BCUT2D eigenvalue weighted by Crippen LogP contribution is -2.19. The third-order valence-electron chi connectivity index (χ3n) is 10.1. The van der Waals surface area contributed by atoms with Gasteiger partial charge in [0.05, 0.1) is 30.8 Å². The Kier molecular flexibility index (Phi) is 10.0. The van der Waals surface area contributed by atoms with Crippen molar-refractivity contribution in [3.63, 3.8) is 0 Å². The van der Waals surface area contributed by atoms with E-state index in [9.17, 15) is 9.59 Å². The number of hydrogen-bond acceptors (Lipinski definition) is 4. The van der Waals surface area contributed by atoms with Crippen molar-refractivity contribution in [2.24, 2.45) is 0 Å². The van der Waals surface area contributed by atoms with Gasteiger partial charge in [0.1, 0.15) is 0 Å². The summed E-state index contributed by atoms with van der Waals surface area (Å²) in [5.41, 5.74) is 10.7. The first-order chi connectivity index (χ1) is 28.8. The molecule has 0 bridgehead atoms. The second-order valence-corrected chi connectivity index (χ2v) is 13.6. The number of rotatable bonds is 2. The van der Waals surface area contributed by atoms with E-state index >= 15 is 0 Å². The third-order valence-corrected chi connectivity index (χ3v) is 10.1. The van der Waals surface area contributed by atoms with Crippen molar-refractivity contribution >= 4 is 11.9 Å². The van der Waals surface area contributed by atoms with E-state index in [-0.39, 0.29) is 11.1 Å². The summed E-state index contributed by atoms with van der Waals surface area (Å²) in [4.78, 5) is 26.7. The number of terminal acetylenes is 2. The van der Waals surface area contributed by atoms with Crippen LogP contribution in [0.2, 0.25) is 0 Å². The summed E-state index contributed by atoms with van der Waals surface area (Å²) in [5.74, 6) is 29.7. The molecule has 8 rings (SSSR count). The van der Waals surface area contributed by atoms with Crippen LogP contribution in [-0.4, -0.2) is 26.2 Å². The number of benzene rings is 6. The van der Waals surface area contributed by atoms with E-state index in [1.54, 1.807) is 0 Å². The number of hydrogen-bond donors (Lipinski definition) is 0. The molecule has 0 fully saturated rings. The fourth-order valence-corrected chi connectivity index (χ4v) is 7.16. The fourth-order valence-electron chi connectivity index (χ4n) is 7.16. The summed E-state index contributed by atoms with van der Waals surface area (Å²) in [6.45, 7) is 0. The molecule has 0 saturated carbocycles. The summed E-state index contributed by atoms with van der Waals surface area (Å²) in [6.07, 6.45) is 10.9. The second-order valence-electron chi connectivity index (χ2n) is 13.6. The van der Waals surface area contributed by atoms with E-state index in [4.69, 9.17) is 22.3 Å². The van der Waals surface area contributed by atoms with Crippen LogP contribution in [0.1, 0.15) is 66.8 Å². The van der Waals surface area contributed by atoms with Crippen LogP contribution in [0.15, 0.2) is 145 Å². The van der Waals surface area contributed by atoms with E-state index in [0.29, 0.717) is 11.1 Å². The smallest absolute Gasteiger partial charge is 0.335 e. The largest absolute Gasteiger partial charge is 0.466 e. The number of ether oxygens (including phenoxy) is 2. The highest BCUT2D eigenvalue weighted by atomic mass is 16.5. The molecule has 1 spiro atoms. The molecule has 0 radical (unpaired) electrons. The van der Waals surface area contributed by atoms with Crippen LogP contribution in [0, 0.1) is 72.1 Å². The minimum absolute atomic E-state index is 0.245. The normalized spacial score (nSPS) is 11.9. The van der Waals surface area contributed by atoms with Crippen LogP contribution in [0.4, 0.5) is 0 Å². The standard InChI is InChI=1S/C55H30O4/c1-5-37-7-11-39(12-8-37)15-17-41-19-23-43(24-20-41)27-29-45-31-33-47-48-34-32-46(36-50(48)55(49(47)35-45)51(53(56)58-3)52(55)54(57)59-4)30-28-44-25-21-42(22-26-44)18-16-40-13-9-38(6-2)10-14-40/h1-2,7-14,19-26,31-36H,3-4H3. The lowest BCUT2D eigenvalue weighted by Gasteiger charge is -2.17. The maximum atomic E-state index is 13.4. The molecule has 0 heterocycles. The summed E-state index contributed by atoms with van der Waals surface area (Å²) >= 11 is 0. The van der Waals surface area contributed by atoms with Gasteiger partial charge in [-0.1, -0.05) is 71.3 Å². The number of esters is 2. The molecule has 0 N–H and O–H groups in total. The Morgan fingerprint density at radius 2 is 0.627 bits per heavy atom. The van der Waals surface area contributed by atoms with Gasteiger partial charge in [-0.15, -0.1) is 12.8 Å². The predicted molar refractivity (Wildman–Crippen MR) is 229 cm³/mol. The van der Waals surface area contributed by atoms with Gasteiger partial charge in [0.2, 0.25) is 0 Å². The van der Waals surface area contributed by atoms with E-state index in [0.717, 1.165) is 66.8 Å². The zero-order valence-electron chi connectivity index (χ0n) is 32.0. The lowest BCUT2D eigenvalue weighted by atomic mass is 9.84. The Bertz CT molecular complexity index is 2880. The molecule has 0 unspecified atom stereocenters. The molecule has 2 aliphatic rings. The van der Waals surface area contributed by atoms with Crippen LogP contribution in [0.3, 0.4) is 0 Å². The Balaban J connectivity index is 1.08. The minimum Gasteiger partial charge on any atom is -0.466 e. The molecule has 2 aliphatic carbocycles. The molecule has 0 aromatic heterocycles. The zero-order chi connectivity index (χ0) is 40.9. The Labute approximate surface area is 343 Å². The monoisotopic (exact) mass is 754 g/mol.